The molecule has 0 saturated carbocycles. The van der Waals surface area contributed by atoms with Crippen molar-refractivity contribution in [2.45, 2.75) is 19.8 Å². The summed E-state index contributed by atoms with van der Waals surface area (Å²) < 4.78 is 32.1. The monoisotopic (exact) mass is 499 g/mol. The van der Waals surface area contributed by atoms with Gasteiger partial charge in [-0.05, 0) is 39.6 Å². The summed E-state index contributed by atoms with van der Waals surface area (Å²) in [6, 6.07) is 25.9. The minimum atomic E-state index is -0.298. The lowest BCUT2D eigenvalue weighted by molar-refractivity contribution is 0.281. The van der Waals surface area contributed by atoms with E-state index in [-0.39, 0.29) is 19.0 Å². The fourth-order valence-corrected chi connectivity index (χ4v) is 3.98. The molecule has 1 aromatic heterocycles. The van der Waals surface area contributed by atoms with Crippen LogP contribution in [0, 0.1) is 5.82 Å². The molecule has 0 unspecified atom stereocenters. The van der Waals surface area contributed by atoms with Crippen molar-refractivity contribution in [2.75, 3.05) is 13.2 Å². The first-order valence-corrected chi connectivity index (χ1v) is 12.0. The maximum atomic E-state index is 15.2. The molecule has 2 N–H and O–H groups in total. The van der Waals surface area contributed by atoms with Gasteiger partial charge < -0.3 is 19.9 Å². The first kappa shape index (κ1) is 24.4. The number of aromatic nitrogens is 2. The first-order valence-electron chi connectivity index (χ1n) is 12.0. The molecule has 0 aliphatic heterocycles. The maximum Gasteiger partial charge on any atom is 0.137 e. The number of rotatable bonds is 11. The predicted octanol–water partition coefficient (Wildman–Crippen LogP) is 5.27. The van der Waals surface area contributed by atoms with E-state index in [1.807, 2.05) is 66.7 Å². The highest BCUT2D eigenvalue weighted by molar-refractivity contribution is 5.73. The van der Waals surface area contributed by atoms with Gasteiger partial charge in [-0.2, -0.15) is 0 Å². The quantitative estimate of drug-likeness (QED) is 0.239. The molecule has 1 heterocycles. The van der Waals surface area contributed by atoms with Gasteiger partial charge in [0.2, 0.25) is 0 Å². The molecule has 0 atom stereocenters. The molecule has 188 valence electrons. The summed E-state index contributed by atoms with van der Waals surface area (Å²) in [6.07, 6.45) is 0. The summed E-state index contributed by atoms with van der Waals surface area (Å²) in [6.45, 7) is 1.38. The van der Waals surface area contributed by atoms with Crippen LogP contribution in [0.2, 0.25) is 0 Å². The molecule has 4 aromatic carbocycles. The van der Waals surface area contributed by atoms with Crippen molar-refractivity contribution in [1.82, 2.24) is 15.6 Å². The molecule has 0 radical (unpaired) electrons. The smallest absolute Gasteiger partial charge is 0.137 e. The molecule has 0 amide bonds. The van der Waals surface area contributed by atoms with Crippen LogP contribution in [0.1, 0.15) is 16.7 Å². The topological polar surface area (TPSA) is 89.6 Å². The molecule has 8 heteroatoms. The Labute approximate surface area is 213 Å². The zero-order valence-electron chi connectivity index (χ0n) is 20.1. The molecule has 0 aliphatic carbocycles. The Kier molecular flexibility index (Phi) is 7.69. The van der Waals surface area contributed by atoms with E-state index in [4.69, 9.17) is 19.2 Å². The average Bonchev–Trinajstić information content (AvgIpc) is 3.41. The highest BCUT2D eigenvalue weighted by Gasteiger charge is 2.12. The van der Waals surface area contributed by atoms with Crippen LogP contribution < -0.4 is 14.8 Å². The molecule has 5 aromatic rings. The van der Waals surface area contributed by atoms with Gasteiger partial charge in [0, 0.05) is 35.8 Å². The second-order valence-electron chi connectivity index (χ2n) is 8.48. The van der Waals surface area contributed by atoms with E-state index < -0.39 is 0 Å². The van der Waals surface area contributed by atoms with Crippen LogP contribution in [0.5, 0.6) is 11.5 Å². The van der Waals surface area contributed by atoms with Crippen LogP contribution in [0.3, 0.4) is 0 Å². The third-order valence-electron chi connectivity index (χ3n) is 5.91. The second kappa shape index (κ2) is 11.6. The lowest BCUT2D eigenvalue weighted by Crippen LogP contribution is -2.18. The standard InChI is InChI=1S/C29H26FN3O4/c30-29-23(7-4-8-25(29)21-5-2-1-3-6-21)19-35-24-11-10-22(17-31-13-14-34)28(16-24)36-18-20-9-12-26-27(15-20)33-37-32-26/h1-12,15-16,31,34H,13-14,17-19H2. The van der Waals surface area contributed by atoms with Gasteiger partial charge in [-0.25, -0.2) is 9.02 Å². The van der Waals surface area contributed by atoms with Crippen LogP contribution in [-0.4, -0.2) is 28.6 Å². The van der Waals surface area contributed by atoms with E-state index in [1.54, 1.807) is 18.2 Å². The van der Waals surface area contributed by atoms with Crippen molar-refractivity contribution >= 4 is 11.0 Å². The zero-order valence-corrected chi connectivity index (χ0v) is 20.1. The molecule has 0 saturated heterocycles. The van der Waals surface area contributed by atoms with Crippen molar-refractivity contribution in [1.29, 1.82) is 0 Å². The Morgan fingerprint density at radius 2 is 1.68 bits per heavy atom. The predicted molar refractivity (Wildman–Crippen MR) is 138 cm³/mol. The SMILES string of the molecule is OCCNCc1ccc(OCc2cccc(-c3ccccc3)c2F)cc1OCc1ccc2nonc2c1. The molecule has 37 heavy (non-hydrogen) atoms. The fourth-order valence-electron chi connectivity index (χ4n) is 3.98. The molecular formula is C29H26FN3O4. The first-order chi connectivity index (χ1) is 18.2. The van der Waals surface area contributed by atoms with E-state index in [9.17, 15) is 0 Å². The van der Waals surface area contributed by atoms with Gasteiger partial charge in [-0.15, -0.1) is 0 Å². The molecule has 0 spiro atoms. The van der Waals surface area contributed by atoms with Gasteiger partial charge in [0.25, 0.3) is 0 Å². The molecule has 5 rings (SSSR count). The van der Waals surface area contributed by atoms with Crippen molar-refractivity contribution in [2.24, 2.45) is 0 Å². The number of aliphatic hydroxyl groups is 1. The Bertz CT molecular complexity index is 1470. The van der Waals surface area contributed by atoms with Crippen molar-refractivity contribution in [3.63, 3.8) is 0 Å². The number of halogens is 1. The maximum absolute atomic E-state index is 15.2. The lowest BCUT2D eigenvalue weighted by atomic mass is 10.0. The highest BCUT2D eigenvalue weighted by Crippen LogP contribution is 2.29. The number of ether oxygens (including phenoxy) is 2. The molecule has 0 aliphatic rings. The molecule has 0 bridgehead atoms. The van der Waals surface area contributed by atoms with Gasteiger partial charge in [0.1, 0.15) is 41.6 Å². The second-order valence-corrected chi connectivity index (χ2v) is 8.48. The molecule has 0 fully saturated rings. The van der Waals surface area contributed by atoms with E-state index in [0.29, 0.717) is 53.4 Å². The summed E-state index contributed by atoms with van der Waals surface area (Å²) in [5, 5.41) is 20.0. The van der Waals surface area contributed by atoms with Gasteiger partial charge in [0.05, 0.1) is 6.61 Å². The van der Waals surface area contributed by atoms with Crippen LogP contribution in [0.15, 0.2) is 89.6 Å². The van der Waals surface area contributed by atoms with Gasteiger partial charge >= 0.3 is 0 Å². The number of hydrogen-bond donors (Lipinski definition) is 2. The van der Waals surface area contributed by atoms with Crippen LogP contribution in [-0.2, 0) is 19.8 Å². The Balaban J connectivity index is 1.32. The van der Waals surface area contributed by atoms with Crippen LogP contribution in [0.25, 0.3) is 22.2 Å². The summed E-state index contributed by atoms with van der Waals surface area (Å²) in [5.41, 5.74) is 4.96. The molecule has 7 nitrogen and oxygen atoms in total. The molecular weight excluding hydrogens is 473 g/mol. The lowest BCUT2D eigenvalue weighted by Gasteiger charge is -2.15. The summed E-state index contributed by atoms with van der Waals surface area (Å²) >= 11 is 0. The number of fused-ring (bicyclic) bond motifs is 1. The minimum absolute atomic E-state index is 0.0384. The Morgan fingerprint density at radius 3 is 2.54 bits per heavy atom. The average molecular weight is 500 g/mol. The summed E-state index contributed by atoms with van der Waals surface area (Å²) in [7, 11) is 0. The highest BCUT2D eigenvalue weighted by atomic mass is 19.1. The number of benzene rings is 4. The fraction of sp³-hybridized carbons (Fsp3) is 0.172. The van der Waals surface area contributed by atoms with E-state index in [1.165, 1.54) is 0 Å². The minimum Gasteiger partial charge on any atom is -0.489 e. The van der Waals surface area contributed by atoms with Gasteiger partial charge in [-0.1, -0.05) is 60.7 Å². The zero-order chi connectivity index (χ0) is 25.5. The number of aliphatic hydroxyl groups excluding tert-OH is 1. The summed E-state index contributed by atoms with van der Waals surface area (Å²) in [5.74, 6) is 0.883. The summed E-state index contributed by atoms with van der Waals surface area (Å²) in [4.78, 5) is 0. The third kappa shape index (κ3) is 5.94. The largest absolute Gasteiger partial charge is 0.489 e. The van der Waals surface area contributed by atoms with Crippen LogP contribution >= 0.6 is 0 Å². The van der Waals surface area contributed by atoms with Crippen molar-refractivity contribution in [3.8, 4) is 22.6 Å². The van der Waals surface area contributed by atoms with Crippen LogP contribution in [0.4, 0.5) is 4.39 Å². The van der Waals surface area contributed by atoms with E-state index in [0.717, 1.165) is 16.7 Å². The Morgan fingerprint density at radius 1 is 0.811 bits per heavy atom. The van der Waals surface area contributed by atoms with E-state index >= 15 is 4.39 Å². The van der Waals surface area contributed by atoms with Crippen molar-refractivity contribution < 1.29 is 23.6 Å². The van der Waals surface area contributed by atoms with E-state index in [2.05, 4.69) is 15.6 Å². The van der Waals surface area contributed by atoms with Gasteiger partial charge in [-0.3, -0.25) is 0 Å². The van der Waals surface area contributed by atoms with Gasteiger partial charge in [0.15, 0.2) is 0 Å². The normalized spacial score (nSPS) is 11.1. The third-order valence-corrected chi connectivity index (χ3v) is 5.91. The Hall–Kier alpha value is -4.27. The van der Waals surface area contributed by atoms with Crippen molar-refractivity contribution in [3.05, 3.63) is 107 Å². The number of nitrogens with zero attached hydrogens (tertiary/aromatic N) is 2. The number of hydrogen-bond acceptors (Lipinski definition) is 7. The number of nitrogens with one attached hydrogen (secondary N) is 1.